The molecule has 2 rings (SSSR count). The quantitative estimate of drug-likeness (QED) is 0.451. The Morgan fingerprint density at radius 3 is 3.09 bits per heavy atom. The van der Waals surface area contributed by atoms with Crippen molar-refractivity contribution in [2.45, 2.75) is 11.4 Å². The second-order valence-electron chi connectivity index (χ2n) is 2.56. The zero-order valence-electron chi connectivity index (χ0n) is 6.00. The van der Waals surface area contributed by atoms with Crippen LogP contribution in [0.1, 0.15) is 6.42 Å². The molecule has 1 aromatic carbocycles. The fraction of sp³-hybridized carbons (Fsp3) is 0.222. The monoisotopic (exact) mass is 209 g/mol. The highest BCUT2D eigenvalue weighted by atomic mass is 79.9. The highest BCUT2D eigenvalue weighted by molar-refractivity contribution is 9.09. The van der Waals surface area contributed by atoms with Crippen molar-refractivity contribution in [2.75, 3.05) is 0 Å². The van der Waals surface area contributed by atoms with Gasteiger partial charge in [0.25, 0.3) is 0 Å². The van der Waals surface area contributed by atoms with Crippen LogP contribution in [0.2, 0.25) is 0 Å². The first-order chi connectivity index (χ1) is 5.36. The zero-order chi connectivity index (χ0) is 7.68. The molecule has 1 atom stereocenters. The van der Waals surface area contributed by atoms with Crippen molar-refractivity contribution in [2.24, 2.45) is 4.99 Å². The van der Waals surface area contributed by atoms with Crippen molar-refractivity contribution < 1.29 is 0 Å². The van der Waals surface area contributed by atoms with Gasteiger partial charge in [-0.3, -0.25) is 4.99 Å². The highest BCUT2D eigenvalue weighted by Crippen LogP contribution is 2.07. The minimum atomic E-state index is 0.275. The number of fused-ring (bicyclic) bond motifs is 1. The zero-order valence-corrected chi connectivity index (χ0v) is 7.58. The van der Waals surface area contributed by atoms with Gasteiger partial charge < -0.3 is 0 Å². The van der Waals surface area contributed by atoms with E-state index in [0.29, 0.717) is 0 Å². The number of halogens is 1. The van der Waals surface area contributed by atoms with Crippen molar-refractivity contribution >= 4 is 22.0 Å². The Labute approximate surface area is 73.6 Å². The molecule has 0 spiro atoms. The molecule has 2 heteroatoms. The van der Waals surface area contributed by atoms with E-state index in [1.165, 1.54) is 5.22 Å². The first-order valence-corrected chi connectivity index (χ1v) is 4.55. The maximum atomic E-state index is 4.43. The molecular formula is C9H8BrN. The van der Waals surface area contributed by atoms with Crippen molar-refractivity contribution in [3.05, 3.63) is 34.8 Å². The average Bonchev–Trinajstić information content (AvgIpc) is 2.04. The topological polar surface area (TPSA) is 12.4 Å². The van der Waals surface area contributed by atoms with Crippen LogP contribution < -0.4 is 10.6 Å². The molecule has 1 aliphatic heterocycles. The fourth-order valence-electron chi connectivity index (χ4n) is 1.21. The van der Waals surface area contributed by atoms with Crippen molar-refractivity contribution in [3.8, 4) is 0 Å². The summed E-state index contributed by atoms with van der Waals surface area (Å²) in [5.41, 5.74) is 0. The van der Waals surface area contributed by atoms with Gasteiger partial charge in [-0.1, -0.05) is 40.2 Å². The molecule has 0 amide bonds. The highest BCUT2D eigenvalue weighted by Gasteiger charge is 2.01. The third-order valence-electron chi connectivity index (χ3n) is 1.75. The van der Waals surface area contributed by atoms with E-state index in [9.17, 15) is 0 Å². The molecule has 1 unspecified atom stereocenters. The molecule has 56 valence electrons. The van der Waals surface area contributed by atoms with E-state index < -0.39 is 0 Å². The van der Waals surface area contributed by atoms with E-state index in [4.69, 9.17) is 0 Å². The molecule has 0 N–H and O–H groups in total. The number of hydrogen-bond donors (Lipinski definition) is 0. The second-order valence-corrected chi connectivity index (χ2v) is 3.62. The number of alkyl halides is 1. The number of para-hydroxylation sites is 1. The molecule has 1 aromatic rings. The lowest BCUT2D eigenvalue weighted by Gasteiger charge is -2.04. The fourth-order valence-corrected chi connectivity index (χ4v) is 1.61. The first-order valence-electron chi connectivity index (χ1n) is 3.63. The van der Waals surface area contributed by atoms with E-state index in [0.717, 1.165) is 11.8 Å². The summed E-state index contributed by atoms with van der Waals surface area (Å²) < 4.78 is 0. The molecule has 0 saturated heterocycles. The number of benzene rings is 1. The SMILES string of the molecule is BrC1CC=c2ccccc2=N1. The predicted octanol–water partition coefficient (Wildman–Crippen LogP) is 1.21. The van der Waals surface area contributed by atoms with Gasteiger partial charge in [-0.15, -0.1) is 0 Å². The van der Waals surface area contributed by atoms with Crippen molar-refractivity contribution in [1.29, 1.82) is 0 Å². The summed E-state index contributed by atoms with van der Waals surface area (Å²) in [6.45, 7) is 0. The lowest BCUT2D eigenvalue weighted by atomic mass is 10.2. The van der Waals surface area contributed by atoms with E-state index in [1.54, 1.807) is 0 Å². The molecular weight excluding hydrogens is 202 g/mol. The summed E-state index contributed by atoms with van der Waals surface area (Å²) in [7, 11) is 0. The smallest absolute Gasteiger partial charge is 0.109 e. The van der Waals surface area contributed by atoms with E-state index >= 15 is 0 Å². The van der Waals surface area contributed by atoms with Crippen LogP contribution in [0.3, 0.4) is 0 Å². The number of hydrogen-bond acceptors (Lipinski definition) is 1. The van der Waals surface area contributed by atoms with Gasteiger partial charge in [0.05, 0.1) is 5.36 Å². The third-order valence-corrected chi connectivity index (χ3v) is 2.33. The summed E-state index contributed by atoms with van der Waals surface area (Å²) in [5, 5.41) is 2.35. The van der Waals surface area contributed by atoms with Gasteiger partial charge in [-0.25, -0.2) is 0 Å². The molecule has 0 aromatic heterocycles. The molecule has 1 aliphatic rings. The Hall–Kier alpha value is -0.630. The third kappa shape index (κ3) is 1.36. The van der Waals surface area contributed by atoms with Crippen LogP contribution in [0.5, 0.6) is 0 Å². The van der Waals surface area contributed by atoms with Gasteiger partial charge in [0.2, 0.25) is 0 Å². The van der Waals surface area contributed by atoms with Crippen LogP contribution in [0, 0.1) is 0 Å². The lowest BCUT2D eigenvalue weighted by Crippen LogP contribution is -2.28. The number of rotatable bonds is 0. The summed E-state index contributed by atoms with van der Waals surface area (Å²) in [6, 6.07) is 8.19. The van der Waals surface area contributed by atoms with Gasteiger partial charge in [-0.2, -0.15) is 0 Å². The van der Waals surface area contributed by atoms with E-state index in [1.807, 2.05) is 18.2 Å². The molecule has 1 nitrogen and oxygen atoms in total. The summed E-state index contributed by atoms with van der Waals surface area (Å²) >= 11 is 3.46. The van der Waals surface area contributed by atoms with Gasteiger partial charge >= 0.3 is 0 Å². The second kappa shape index (κ2) is 2.78. The minimum Gasteiger partial charge on any atom is -0.270 e. The van der Waals surface area contributed by atoms with Crippen LogP contribution in [0.4, 0.5) is 0 Å². The normalized spacial score (nSPS) is 21.4. The lowest BCUT2D eigenvalue weighted by molar-refractivity contribution is 0.912. The van der Waals surface area contributed by atoms with Crippen LogP contribution in [-0.2, 0) is 0 Å². The van der Waals surface area contributed by atoms with Gasteiger partial charge in [0, 0.05) is 0 Å². The minimum absolute atomic E-state index is 0.275. The first kappa shape index (κ1) is 7.04. The van der Waals surface area contributed by atoms with Crippen LogP contribution in [-0.4, -0.2) is 4.95 Å². The van der Waals surface area contributed by atoms with Crippen LogP contribution in [0.25, 0.3) is 6.08 Å². The maximum absolute atomic E-state index is 4.43. The Kier molecular flexibility index (Phi) is 1.78. The Morgan fingerprint density at radius 2 is 2.18 bits per heavy atom. The van der Waals surface area contributed by atoms with Crippen molar-refractivity contribution in [1.82, 2.24) is 0 Å². The van der Waals surface area contributed by atoms with Crippen LogP contribution in [0.15, 0.2) is 29.3 Å². The van der Waals surface area contributed by atoms with E-state index in [2.05, 4.69) is 33.1 Å². The molecule has 0 bridgehead atoms. The molecule has 11 heavy (non-hydrogen) atoms. The maximum Gasteiger partial charge on any atom is 0.109 e. The predicted molar refractivity (Wildman–Crippen MR) is 49.0 cm³/mol. The molecule has 0 radical (unpaired) electrons. The van der Waals surface area contributed by atoms with Gasteiger partial charge in [0.1, 0.15) is 4.95 Å². The van der Waals surface area contributed by atoms with E-state index in [-0.39, 0.29) is 4.95 Å². The molecule has 1 heterocycles. The van der Waals surface area contributed by atoms with Crippen LogP contribution >= 0.6 is 15.9 Å². The largest absolute Gasteiger partial charge is 0.270 e. The Bertz CT molecular complexity index is 369. The summed E-state index contributed by atoms with van der Waals surface area (Å²) in [6.07, 6.45) is 3.21. The van der Waals surface area contributed by atoms with Gasteiger partial charge in [0.15, 0.2) is 0 Å². The summed E-state index contributed by atoms with van der Waals surface area (Å²) in [5.74, 6) is 0. The molecule has 0 fully saturated rings. The molecule has 0 saturated carbocycles. The van der Waals surface area contributed by atoms with Crippen molar-refractivity contribution in [3.63, 3.8) is 0 Å². The average molecular weight is 210 g/mol. The van der Waals surface area contributed by atoms with Gasteiger partial charge in [-0.05, 0) is 17.7 Å². The standard InChI is InChI=1S/C9H8BrN/c10-9-6-5-7-3-1-2-4-8(7)11-9/h1-5,9H,6H2. The summed E-state index contributed by atoms with van der Waals surface area (Å²) in [4.78, 5) is 4.71. The Balaban J connectivity index is 2.73. The number of nitrogens with zero attached hydrogens (tertiary/aromatic N) is 1. The molecule has 0 aliphatic carbocycles. The Morgan fingerprint density at radius 1 is 1.36 bits per heavy atom.